The highest BCUT2D eigenvalue weighted by molar-refractivity contribution is 4.63. The molecule has 0 spiro atoms. The van der Waals surface area contributed by atoms with Gasteiger partial charge in [-0.3, -0.25) is 0 Å². The zero-order valence-electron chi connectivity index (χ0n) is 27.6. The van der Waals surface area contributed by atoms with E-state index >= 15 is 0 Å². The molecule has 21 heavy (non-hydrogen) atoms. The second-order valence-electron chi connectivity index (χ2n) is 4.55. The first-order valence-corrected chi connectivity index (χ1v) is 6.74. The minimum Gasteiger partial charge on any atom is -0.314 e. The van der Waals surface area contributed by atoms with E-state index < -0.39 is 46.0 Å². The van der Waals surface area contributed by atoms with Crippen LogP contribution < -0.4 is 16.0 Å². The van der Waals surface area contributed by atoms with Gasteiger partial charge >= 0.3 is 0 Å². The van der Waals surface area contributed by atoms with Crippen molar-refractivity contribution in [3.05, 3.63) is 0 Å². The van der Waals surface area contributed by atoms with Crippen molar-refractivity contribution in [1.29, 1.82) is 0 Å². The van der Waals surface area contributed by atoms with E-state index in [4.69, 9.17) is 20.6 Å². The van der Waals surface area contributed by atoms with Crippen molar-refractivity contribution in [1.82, 2.24) is 30.7 Å². The zero-order valence-corrected chi connectivity index (χ0v) is 12.6. The smallest absolute Gasteiger partial charge is 0.0444 e. The van der Waals surface area contributed by atoms with Gasteiger partial charge in [-0.1, -0.05) is 0 Å². The van der Waals surface area contributed by atoms with Crippen LogP contribution >= 0.6 is 0 Å². The molecular weight excluding hydrogens is 264 g/mol. The third-order valence-electron chi connectivity index (χ3n) is 2.56. The van der Waals surface area contributed by atoms with E-state index in [9.17, 15) is 0 Å². The minimum absolute atomic E-state index is 0.229. The highest BCUT2D eigenvalue weighted by Gasteiger charge is 2.02. The highest BCUT2D eigenvalue weighted by Crippen LogP contribution is 1.84. The summed E-state index contributed by atoms with van der Waals surface area (Å²) < 4.78 is 109. The molecule has 3 heterocycles. The quantitative estimate of drug-likeness (QED) is 0.509. The first-order valence-electron chi connectivity index (χ1n) is 14.2. The highest BCUT2D eigenvalue weighted by atomic mass is 15.2. The lowest BCUT2D eigenvalue weighted by Gasteiger charge is -2.21. The lowest BCUT2D eigenvalue weighted by molar-refractivity contribution is 0.291. The molecule has 6 heteroatoms. The molecule has 0 aromatic carbocycles. The predicted molar refractivity (Wildman–Crippen MR) is 91.1 cm³/mol. The second-order valence-corrected chi connectivity index (χ2v) is 4.55. The normalized spacial score (nSPS) is 50.9. The number of likely N-dealkylation sites (N-methyl/N-ethyl adjacent to an activating group) is 3. The summed E-state index contributed by atoms with van der Waals surface area (Å²) in [5.41, 5.74) is 0. The largest absolute Gasteiger partial charge is 0.314 e. The van der Waals surface area contributed by atoms with Gasteiger partial charge in [0, 0.05) is 98.8 Å². The summed E-state index contributed by atoms with van der Waals surface area (Å²) >= 11 is 0. The lowest BCUT2D eigenvalue weighted by Crippen LogP contribution is -2.40. The van der Waals surface area contributed by atoms with Crippen LogP contribution in [0.5, 0.6) is 0 Å². The van der Waals surface area contributed by atoms with Crippen LogP contribution in [0, 0.1) is 0 Å². The van der Waals surface area contributed by atoms with E-state index in [1.807, 2.05) is 0 Å². The molecule has 0 aliphatic carbocycles. The fraction of sp³-hybridized carbons (Fsp3) is 1.00. The van der Waals surface area contributed by atoms with Gasteiger partial charge in [0.15, 0.2) is 0 Å². The summed E-state index contributed by atoms with van der Waals surface area (Å²) in [5, 5.41) is 7.10. The Morgan fingerprint density at radius 1 is 0.714 bits per heavy atom. The van der Waals surface area contributed by atoms with E-state index in [2.05, 4.69) is 10.6 Å². The van der Waals surface area contributed by atoms with Crippen molar-refractivity contribution in [2.75, 3.05) is 99.3 Å². The Hall–Kier alpha value is -0.240. The molecule has 0 aromatic heterocycles. The van der Waals surface area contributed by atoms with Crippen molar-refractivity contribution in [2.45, 2.75) is 0 Å². The predicted octanol–water partition coefficient (Wildman–Crippen LogP) is -1.44. The van der Waals surface area contributed by atoms with E-state index in [0.29, 0.717) is 18.0 Å². The average molecular weight is 316 g/mol. The Kier molecular flexibility index (Phi) is 3.72. The Morgan fingerprint density at radius 2 is 1.29 bits per heavy atom. The van der Waals surface area contributed by atoms with Gasteiger partial charge in [-0.25, -0.2) is 0 Å². The molecule has 6 nitrogen and oxygen atoms in total. The SMILES string of the molecule is [2H]C([2H])([2H])N1CCNCC1.[2H]C1([2H])CN(C)CC([2H])([2H])N1.[2H]C1([2H])NC([2H])([2H])C([2H])([2H])N(C)C1([2H])[2H]. The Bertz CT molecular complexity index is 681. The van der Waals surface area contributed by atoms with Crippen molar-refractivity contribution >= 4 is 0 Å². The van der Waals surface area contributed by atoms with Crippen LogP contribution in [-0.2, 0) is 0 Å². The van der Waals surface area contributed by atoms with Gasteiger partial charge in [0.2, 0.25) is 0 Å². The van der Waals surface area contributed by atoms with Crippen LogP contribution in [0.1, 0.15) is 20.6 Å². The van der Waals surface area contributed by atoms with E-state index in [1.165, 1.54) is 4.90 Å². The van der Waals surface area contributed by atoms with Gasteiger partial charge in [0.05, 0.1) is 0 Å². The fourth-order valence-electron chi connectivity index (χ4n) is 1.42. The Labute approximate surface area is 152 Å². The van der Waals surface area contributed by atoms with Crippen LogP contribution in [0.4, 0.5) is 0 Å². The first-order chi connectivity index (χ1) is 15.8. The average Bonchev–Trinajstić information content (AvgIpc) is 2.63. The minimum atomic E-state index is -2.67. The monoisotopic (exact) mass is 315 g/mol. The molecular formula is C15H36N6. The molecule has 0 radical (unpaired) electrons. The van der Waals surface area contributed by atoms with Gasteiger partial charge in [-0.15, -0.1) is 0 Å². The van der Waals surface area contributed by atoms with E-state index in [1.54, 1.807) is 17.3 Å². The van der Waals surface area contributed by atoms with Crippen LogP contribution in [0.15, 0.2) is 0 Å². The number of piperazine rings is 3. The van der Waals surface area contributed by atoms with Crippen molar-refractivity contribution in [2.24, 2.45) is 0 Å². The zero-order chi connectivity index (χ0) is 28.6. The van der Waals surface area contributed by atoms with E-state index in [0.717, 1.165) is 20.1 Å². The van der Waals surface area contributed by atoms with Gasteiger partial charge in [-0.2, -0.15) is 0 Å². The molecule has 0 unspecified atom stereocenters. The molecule has 3 rings (SSSR count). The lowest BCUT2D eigenvalue weighted by atomic mass is 10.4. The topological polar surface area (TPSA) is 45.8 Å². The molecule has 3 N–H and O–H groups in total. The summed E-state index contributed by atoms with van der Waals surface area (Å²) in [4.78, 5) is 3.58. The number of nitrogens with zero attached hydrogens (tertiary/aromatic N) is 3. The molecule has 0 saturated carbocycles. The molecule has 3 aliphatic rings. The summed E-state index contributed by atoms with van der Waals surface area (Å²) in [6.45, 7) is -12.4. The summed E-state index contributed by atoms with van der Waals surface area (Å²) in [7, 11) is 2.72. The second kappa shape index (κ2) is 12.3. The molecule has 126 valence electrons. The van der Waals surface area contributed by atoms with Crippen LogP contribution in [0.3, 0.4) is 0 Å². The number of nitrogens with one attached hydrogen (secondary N) is 3. The number of hydrogen-bond acceptors (Lipinski definition) is 6. The molecule has 0 bridgehead atoms. The van der Waals surface area contributed by atoms with Crippen LogP contribution in [0.2, 0.25) is 0 Å². The third kappa shape index (κ3) is 11.0. The molecule has 0 amide bonds. The summed E-state index contributed by atoms with van der Waals surface area (Å²) in [6.07, 6.45) is 0. The molecule has 0 atom stereocenters. The maximum atomic E-state index is 7.42. The van der Waals surface area contributed by atoms with Gasteiger partial charge in [0.1, 0.15) is 0 Å². The summed E-state index contributed by atoms with van der Waals surface area (Å²) in [6, 6.07) is 0. The van der Waals surface area contributed by atoms with Crippen LogP contribution in [0.25, 0.3) is 0 Å². The van der Waals surface area contributed by atoms with Gasteiger partial charge in [-0.05, 0) is 21.1 Å². The number of rotatable bonds is 0. The maximum Gasteiger partial charge on any atom is 0.0444 e. The van der Waals surface area contributed by atoms with Crippen molar-refractivity contribution < 1.29 is 20.6 Å². The van der Waals surface area contributed by atoms with Gasteiger partial charge < -0.3 is 30.7 Å². The third-order valence-corrected chi connectivity index (χ3v) is 2.56. The summed E-state index contributed by atoms with van der Waals surface area (Å²) in [5.74, 6) is 0. The molecule has 3 saturated heterocycles. The standard InChI is InChI=1S/3C5H12N2/c3*1-7-4-2-6-3-5-7/h3*6H,2-5H2,1H3/i2D2,3D2,4D2,5D2;2D2,3D2;1D3. The van der Waals surface area contributed by atoms with Crippen molar-refractivity contribution in [3.8, 4) is 0 Å². The van der Waals surface area contributed by atoms with E-state index in [-0.39, 0.29) is 13.1 Å². The number of hydrogen-bond donors (Lipinski definition) is 3. The fourth-order valence-corrected chi connectivity index (χ4v) is 1.42. The first kappa shape index (κ1) is 6.34. The molecule has 3 fully saturated rings. The Balaban J connectivity index is 0.000000277. The molecule has 3 aliphatic heterocycles. The van der Waals surface area contributed by atoms with Gasteiger partial charge in [0.25, 0.3) is 0 Å². The maximum absolute atomic E-state index is 7.42. The Morgan fingerprint density at radius 3 is 1.76 bits per heavy atom. The van der Waals surface area contributed by atoms with Crippen LogP contribution in [-0.4, -0.2) is 114 Å². The van der Waals surface area contributed by atoms with Crippen molar-refractivity contribution in [3.63, 3.8) is 0 Å². The molecule has 0 aromatic rings.